The second-order valence-corrected chi connectivity index (χ2v) is 5.80. The Morgan fingerprint density at radius 1 is 1.40 bits per heavy atom. The maximum Gasteiger partial charge on any atom is 0.276 e. The van der Waals surface area contributed by atoms with E-state index in [-0.39, 0.29) is 17.4 Å². The van der Waals surface area contributed by atoms with Crippen LogP contribution in [0, 0.1) is 13.8 Å². The van der Waals surface area contributed by atoms with Crippen LogP contribution in [0.2, 0.25) is 0 Å². The third kappa shape index (κ3) is 3.16. The number of nitrogen functional groups attached to an aromatic ring is 1. The molecule has 0 fully saturated rings. The molecule has 0 aliphatic heterocycles. The fraction of sp³-hybridized carbons (Fsp3) is 0.250. The van der Waals surface area contributed by atoms with E-state index in [0.717, 1.165) is 16.8 Å². The minimum atomic E-state index is -0.524. The van der Waals surface area contributed by atoms with Gasteiger partial charge in [-0.2, -0.15) is 10.1 Å². The van der Waals surface area contributed by atoms with Crippen molar-refractivity contribution in [2.45, 2.75) is 26.8 Å². The van der Waals surface area contributed by atoms with Crippen molar-refractivity contribution in [2.75, 3.05) is 5.73 Å². The normalized spacial score (nSPS) is 12.1. The number of hydrogen-bond acceptors (Lipinski definition) is 6. The van der Waals surface area contributed by atoms with E-state index in [2.05, 4.69) is 25.6 Å². The molecule has 2 heterocycles. The number of carbonyl (C=O) groups is 1. The van der Waals surface area contributed by atoms with Crippen molar-refractivity contribution in [3.8, 4) is 11.4 Å². The quantitative estimate of drug-likeness (QED) is 0.566. The van der Waals surface area contributed by atoms with Crippen molar-refractivity contribution in [2.24, 2.45) is 0 Å². The molecule has 0 bridgehead atoms. The summed E-state index contributed by atoms with van der Waals surface area (Å²) in [6.45, 7) is 5.66. The molecule has 5 N–H and O–H groups in total. The van der Waals surface area contributed by atoms with Gasteiger partial charge in [-0.25, -0.2) is 4.68 Å². The number of anilines is 1. The van der Waals surface area contributed by atoms with Gasteiger partial charge in [-0.05, 0) is 38.0 Å². The number of nitrogens with zero attached hydrogens (tertiary/aromatic N) is 4. The number of benzene rings is 1. The van der Waals surface area contributed by atoms with E-state index in [4.69, 9.17) is 5.73 Å². The van der Waals surface area contributed by atoms with Crippen molar-refractivity contribution in [3.05, 3.63) is 47.0 Å². The summed E-state index contributed by atoms with van der Waals surface area (Å²) in [6.07, 6.45) is 1.41. The van der Waals surface area contributed by atoms with Crippen LogP contribution in [0.4, 0.5) is 5.95 Å². The lowest BCUT2D eigenvalue weighted by Crippen LogP contribution is -2.28. The highest BCUT2D eigenvalue weighted by Crippen LogP contribution is 2.22. The molecule has 1 atom stereocenters. The van der Waals surface area contributed by atoms with Gasteiger partial charge in [0, 0.05) is 0 Å². The first kappa shape index (κ1) is 16.5. The first-order valence-corrected chi connectivity index (χ1v) is 7.70. The Morgan fingerprint density at radius 2 is 2.16 bits per heavy atom. The molecule has 0 aliphatic rings. The summed E-state index contributed by atoms with van der Waals surface area (Å²) in [5, 5.41) is 23.4. The molecule has 1 aromatic carbocycles. The zero-order valence-electron chi connectivity index (χ0n) is 14.1. The molecule has 25 heavy (non-hydrogen) atoms. The zero-order chi connectivity index (χ0) is 18.1. The highest BCUT2D eigenvalue weighted by molar-refractivity contribution is 5.95. The predicted molar refractivity (Wildman–Crippen MR) is 91.4 cm³/mol. The number of nitrogens with one attached hydrogen (secondary N) is 2. The first-order valence-electron chi connectivity index (χ1n) is 7.70. The van der Waals surface area contributed by atoms with Crippen LogP contribution in [0.1, 0.15) is 40.4 Å². The van der Waals surface area contributed by atoms with E-state index in [9.17, 15) is 9.90 Å². The van der Waals surface area contributed by atoms with Crippen LogP contribution in [0.3, 0.4) is 0 Å². The fourth-order valence-corrected chi connectivity index (χ4v) is 2.45. The standard InChI is InChI=1S/C16H19N7O2/c1-8-5-4-6-11(9(8)2)23-7-12(24)13(22-23)15(25)18-10(3)14-19-16(17)21-20-14/h4-7,10,24H,1-3H3,(H,18,25)(H3,17,19,20,21). The molecule has 2 aromatic heterocycles. The summed E-state index contributed by atoms with van der Waals surface area (Å²) in [7, 11) is 0. The smallest absolute Gasteiger partial charge is 0.276 e. The monoisotopic (exact) mass is 341 g/mol. The summed E-state index contributed by atoms with van der Waals surface area (Å²) in [4.78, 5) is 16.4. The number of aromatic amines is 1. The topological polar surface area (TPSA) is 135 Å². The number of aromatic hydroxyl groups is 1. The summed E-state index contributed by atoms with van der Waals surface area (Å²) in [6, 6.07) is 5.28. The van der Waals surface area contributed by atoms with E-state index < -0.39 is 11.9 Å². The summed E-state index contributed by atoms with van der Waals surface area (Å²) >= 11 is 0. The van der Waals surface area contributed by atoms with Crippen molar-refractivity contribution in [3.63, 3.8) is 0 Å². The van der Waals surface area contributed by atoms with Gasteiger partial charge in [0.05, 0.1) is 17.9 Å². The van der Waals surface area contributed by atoms with Crippen LogP contribution in [0.25, 0.3) is 5.69 Å². The van der Waals surface area contributed by atoms with Crippen molar-refractivity contribution in [1.29, 1.82) is 0 Å². The number of nitrogens with two attached hydrogens (primary N) is 1. The van der Waals surface area contributed by atoms with Gasteiger partial charge in [0.25, 0.3) is 5.91 Å². The number of aromatic nitrogens is 5. The molecule has 9 nitrogen and oxygen atoms in total. The minimum Gasteiger partial charge on any atom is -0.504 e. The molecule has 0 aliphatic carbocycles. The Hall–Kier alpha value is -3.36. The molecule has 9 heteroatoms. The average Bonchev–Trinajstić information content (AvgIpc) is 3.16. The summed E-state index contributed by atoms with van der Waals surface area (Å²) in [5.41, 5.74) is 8.29. The molecule has 0 radical (unpaired) electrons. The Bertz CT molecular complexity index is 928. The molecule has 0 saturated carbocycles. The minimum absolute atomic E-state index is 0.0692. The van der Waals surface area contributed by atoms with Crippen LogP contribution >= 0.6 is 0 Å². The second kappa shape index (κ2) is 6.27. The Labute approximate surface area is 143 Å². The van der Waals surface area contributed by atoms with Crippen molar-refractivity contribution >= 4 is 11.9 Å². The van der Waals surface area contributed by atoms with Crippen LogP contribution in [-0.4, -0.2) is 36.0 Å². The molecule has 130 valence electrons. The summed E-state index contributed by atoms with van der Waals surface area (Å²) in [5.74, 6) is -0.218. The second-order valence-electron chi connectivity index (χ2n) is 5.80. The molecule has 3 aromatic rings. The van der Waals surface area contributed by atoms with Crippen LogP contribution in [-0.2, 0) is 0 Å². The number of carbonyl (C=O) groups excluding carboxylic acids is 1. The number of rotatable bonds is 4. The largest absolute Gasteiger partial charge is 0.504 e. The van der Waals surface area contributed by atoms with Crippen LogP contribution in [0.5, 0.6) is 5.75 Å². The van der Waals surface area contributed by atoms with Gasteiger partial charge in [-0.1, -0.05) is 12.1 Å². The fourth-order valence-electron chi connectivity index (χ4n) is 2.45. The molecule has 1 amide bonds. The van der Waals surface area contributed by atoms with E-state index in [1.807, 2.05) is 32.0 Å². The lowest BCUT2D eigenvalue weighted by atomic mass is 10.1. The number of hydrogen-bond donors (Lipinski definition) is 4. The number of aryl methyl sites for hydroxylation is 1. The maximum atomic E-state index is 12.4. The first-order chi connectivity index (χ1) is 11.9. The highest BCUT2D eigenvalue weighted by Gasteiger charge is 2.21. The van der Waals surface area contributed by atoms with Gasteiger partial charge in [0.2, 0.25) is 5.95 Å². The lowest BCUT2D eigenvalue weighted by Gasteiger charge is -2.10. The van der Waals surface area contributed by atoms with Gasteiger partial charge < -0.3 is 16.2 Å². The zero-order valence-corrected chi connectivity index (χ0v) is 14.1. The van der Waals surface area contributed by atoms with E-state index in [1.54, 1.807) is 6.92 Å². The Morgan fingerprint density at radius 3 is 2.84 bits per heavy atom. The van der Waals surface area contributed by atoms with Crippen LogP contribution in [0.15, 0.2) is 24.4 Å². The lowest BCUT2D eigenvalue weighted by molar-refractivity contribution is 0.0930. The van der Waals surface area contributed by atoms with Gasteiger partial charge in [0.15, 0.2) is 11.4 Å². The third-order valence-electron chi connectivity index (χ3n) is 4.01. The molecule has 0 saturated heterocycles. The summed E-state index contributed by atoms with van der Waals surface area (Å²) < 4.78 is 1.49. The Balaban J connectivity index is 1.84. The van der Waals surface area contributed by atoms with E-state index in [1.165, 1.54) is 10.9 Å². The third-order valence-corrected chi connectivity index (χ3v) is 4.01. The molecular formula is C16H19N7O2. The van der Waals surface area contributed by atoms with Gasteiger partial charge in [-0.3, -0.25) is 9.89 Å². The molecule has 1 unspecified atom stereocenters. The number of amides is 1. The van der Waals surface area contributed by atoms with Gasteiger partial charge >= 0.3 is 0 Å². The Kier molecular flexibility index (Phi) is 4.14. The molecule has 3 rings (SSSR count). The van der Waals surface area contributed by atoms with Crippen molar-refractivity contribution < 1.29 is 9.90 Å². The highest BCUT2D eigenvalue weighted by atomic mass is 16.3. The molecular weight excluding hydrogens is 322 g/mol. The maximum absolute atomic E-state index is 12.4. The molecule has 0 spiro atoms. The van der Waals surface area contributed by atoms with E-state index in [0.29, 0.717) is 5.82 Å². The predicted octanol–water partition coefficient (Wildman–Crippen LogP) is 1.39. The van der Waals surface area contributed by atoms with Crippen LogP contribution < -0.4 is 11.1 Å². The van der Waals surface area contributed by atoms with Gasteiger partial charge in [0.1, 0.15) is 5.82 Å². The van der Waals surface area contributed by atoms with Gasteiger partial charge in [-0.15, -0.1) is 5.10 Å². The van der Waals surface area contributed by atoms with E-state index >= 15 is 0 Å². The number of H-pyrrole nitrogens is 1. The SMILES string of the molecule is Cc1cccc(-n2cc(O)c(C(=O)NC(C)c3nc(N)n[nH]3)n2)c1C. The van der Waals surface area contributed by atoms with Crippen molar-refractivity contribution in [1.82, 2.24) is 30.3 Å². The average molecular weight is 341 g/mol.